The summed E-state index contributed by atoms with van der Waals surface area (Å²) in [6, 6.07) is 4.53. The van der Waals surface area contributed by atoms with Crippen LogP contribution in [-0.4, -0.2) is 10.1 Å². The minimum atomic E-state index is -0.452. The highest BCUT2D eigenvalue weighted by Gasteiger charge is 2.20. The van der Waals surface area contributed by atoms with Crippen molar-refractivity contribution in [2.75, 3.05) is 0 Å². The molecule has 0 aliphatic carbocycles. The number of nitrogens with zero attached hydrogens (tertiary/aromatic N) is 2. The van der Waals surface area contributed by atoms with Gasteiger partial charge >= 0.3 is 0 Å². The van der Waals surface area contributed by atoms with Gasteiger partial charge in [0.05, 0.1) is 11.1 Å². The quantitative estimate of drug-likeness (QED) is 0.917. The van der Waals surface area contributed by atoms with Gasteiger partial charge < -0.3 is 10.3 Å². The fourth-order valence-corrected chi connectivity index (χ4v) is 2.02. The van der Waals surface area contributed by atoms with Gasteiger partial charge in [-0.25, -0.2) is 4.39 Å². The van der Waals surface area contributed by atoms with Gasteiger partial charge in [0.2, 0.25) is 5.89 Å². The molecule has 108 valence electrons. The number of halogens is 2. The first-order chi connectivity index (χ1) is 9.52. The van der Waals surface area contributed by atoms with Crippen LogP contribution in [0.1, 0.15) is 43.6 Å². The molecule has 2 rings (SSSR count). The van der Waals surface area contributed by atoms with E-state index in [1.54, 1.807) is 12.1 Å². The smallest absolute Gasteiger partial charge is 0.243 e. The number of aromatic nitrogens is 2. The van der Waals surface area contributed by atoms with E-state index < -0.39 is 5.82 Å². The fourth-order valence-electron chi connectivity index (χ4n) is 1.83. The highest BCUT2D eigenvalue weighted by Crippen LogP contribution is 2.22. The highest BCUT2D eigenvalue weighted by molar-refractivity contribution is 6.30. The van der Waals surface area contributed by atoms with E-state index in [4.69, 9.17) is 21.9 Å². The Balaban J connectivity index is 2.15. The highest BCUT2D eigenvalue weighted by atomic mass is 35.5. The van der Waals surface area contributed by atoms with E-state index in [1.807, 2.05) is 13.8 Å². The first-order valence-corrected chi connectivity index (χ1v) is 6.91. The number of hydrogen-bond donors (Lipinski definition) is 1. The van der Waals surface area contributed by atoms with E-state index in [0.717, 1.165) is 6.42 Å². The van der Waals surface area contributed by atoms with Crippen molar-refractivity contribution in [1.82, 2.24) is 10.1 Å². The SMILES string of the molecule is CC[C@H](C)[C@H](N)c1nc(Cc2cccc(Cl)c2F)no1. The van der Waals surface area contributed by atoms with E-state index in [2.05, 4.69) is 10.1 Å². The molecule has 0 saturated carbocycles. The van der Waals surface area contributed by atoms with Gasteiger partial charge in [0.1, 0.15) is 5.82 Å². The summed E-state index contributed by atoms with van der Waals surface area (Å²) in [6.45, 7) is 4.06. The van der Waals surface area contributed by atoms with Crippen molar-refractivity contribution in [3.05, 3.63) is 46.3 Å². The van der Waals surface area contributed by atoms with Gasteiger partial charge in [-0.2, -0.15) is 4.98 Å². The molecule has 0 unspecified atom stereocenters. The van der Waals surface area contributed by atoms with E-state index >= 15 is 0 Å². The van der Waals surface area contributed by atoms with Crippen LogP contribution in [0.5, 0.6) is 0 Å². The van der Waals surface area contributed by atoms with Crippen molar-refractivity contribution in [3.63, 3.8) is 0 Å². The molecule has 0 aliphatic heterocycles. The summed E-state index contributed by atoms with van der Waals surface area (Å²) >= 11 is 5.74. The van der Waals surface area contributed by atoms with Crippen molar-refractivity contribution >= 4 is 11.6 Å². The molecule has 1 aromatic heterocycles. The normalized spacial score (nSPS) is 14.2. The summed E-state index contributed by atoms with van der Waals surface area (Å²) in [6.07, 6.45) is 1.14. The van der Waals surface area contributed by atoms with Crippen LogP contribution in [0.3, 0.4) is 0 Å². The predicted molar refractivity (Wildman–Crippen MR) is 74.9 cm³/mol. The minimum Gasteiger partial charge on any atom is -0.338 e. The summed E-state index contributed by atoms with van der Waals surface area (Å²) < 4.78 is 18.9. The van der Waals surface area contributed by atoms with Crippen LogP contribution in [0.25, 0.3) is 0 Å². The van der Waals surface area contributed by atoms with Crippen LogP contribution in [-0.2, 0) is 6.42 Å². The predicted octanol–water partition coefficient (Wildman–Crippen LogP) is 3.50. The lowest BCUT2D eigenvalue weighted by atomic mass is 10.0. The Morgan fingerprint density at radius 3 is 2.90 bits per heavy atom. The van der Waals surface area contributed by atoms with E-state index in [1.165, 1.54) is 6.07 Å². The number of nitrogens with two attached hydrogens (primary N) is 1. The average molecular weight is 298 g/mol. The third-order valence-electron chi connectivity index (χ3n) is 3.41. The fraction of sp³-hybridized carbons (Fsp3) is 0.429. The van der Waals surface area contributed by atoms with Crippen molar-refractivity contribution in [2.24, 2.45) is 11.7 Å². The summed E-state index contributed by atoms with van der Waals surface area (Å²) in [4.78, 5) is 4.23. The molecule has 1 heterocycles. The monoisotopic (exact) mass is 297 g/mol. The summed E-state index contributed by atoms with van der Waals surface area (Å²) in [5.41, 5.74) is 6.45. The standard InChI is InChI=1S/C14H17ClFN3O/c1-3-8(2)13(17)14-18-11(19-20-14)7-9-5-4-6-10(15)12(9)16/h4-6,8,13H,3,7,17H2,1-2H3/t8-,13-/m0/s1. The molecule has 1 aromatic carbocycles. The largest absolute Gasteiger partial charge is 0.338 e. The summed E-state index contributed by atoms with van der Waals surface area (Å²) in [5.74, 6) is 0.578. The second kappa shape index (κ2) is 6.33. The maximum absolute atomic E-state index is 13.8. The molecule has 2 atom stereocenters. The average Bonchev–Trinajstić information content (AvgIpc) is 2.90. The second-order valence-electron chi connectivity index (χ2n) is 4.85. The molecule has 2 aromatic rings. The molecule has 0 fully saturated rings. The van der Waals surface area contributed by atoms with Crippen LogP contribution in [0.15, 0.2) is 22.7 Å². The van der Waals surface area contributed by atoms with Crippen LogP contribution < -0.4 is 5.73 Å². The zero-order chi connectivity index (χ0) is 14.7. The Kier molecular flexibility index (Phi) is 4.73. The molecule has 6 heteroatoms. The van der Waals surface area contributed by atoms with Crippen LogP contribution in [0, 0.1) is 11.7 Å². The first kappa shape index (κ1) is 14.9. The van der Waals surface area contributed by atoms with Crippen LogP contribution >= 0.6 is 11.6 Å². The van der Waals surface area contributed by atoms with Crippen LogP contribution in [0.2, 0.25) is 5.02 Å². The Labute approximate surface area is 122 Å². The third-order valence-corrected chi connectivity index (χ3v) is 3.70. The summed E-state index contributed by atoms with van der Waals surface area (Å²) in [7, 11) is 0. The van der Waals surface area contributed by atoms with Crippen molar-refractivity contribution in [3.8, 4) is 0 Å². The molecule has 0 saturated heterocycles. The van der Waals surface area contributed by atoms with Gasteiger partial charge in [-0.3, -0.25) is 0 Å². The molecule has 20 heavy (non-hydrogen) atoms. The number of hydrogen-bond acceptors (Lipinski definition) is 4. The Hall–Kier alpha value is -1.46. The maximum Gasteiger partial charge on any atom is 0.243 e. The number of benzene rings is 1. The molecule has 0 radical (unpaired) electrons. The summed E-state index contributed by atoms with van der Waals surface area (Å²) in [5, 5.41) is 3.93. The minimum absolute atomic E-state index is 0.0857. The van der Waals surface area contributed by atoms with Crippen molar-refractivity contribution in [1.29, 1.82) is 0 Å². The molecule has 0 bridgehead atoms. The van der Waals surface area contributed by atoms with E-state index in [9.17, 15) is 4.39 Å². The van der Waals surface area contributed by atoms with Crippen LogP contribution in [0.4, 0.5) is 4.39 Å². The molecular formula is C14H17ClFN3O. The lowest BCUT2D eigenvalue weighted by Crippen LogP contribution is -2.18. The van der Waals surface area contributed by atoms with Gasteiger partial charge in [0.25, 0.3) is 0 Å². The second-order valence-corrected chi connectivity index (χ2v) is 5.26. The molecule has 0 aliphatic rings. The zero-order valence-corrected chi connectivity index (χ0v) is 12.2. The van der Waals surface area contributed by atoms with Gasteiger partial charge in [0.15, 0.2) is 5.82 Å². The van der Waals surface area contributed by atoms with Crippen molar-refractivity contribution < 1.29 is 8.91 Å². The zero-order valence-electron chi connectivity index (χ0n) is 11.4. The first-order valence-electron chi connectivity index (χ1n) is 6.53. The topological polar surface area (TPSA) is 64.9 Å². The molecule has 0 spiro atoms. The molecule has 2 N–H and O–H groups in total. The Morgan fingerprint density at radius 2 is 2.20 bits per heavy atom. The Morgan fingerprint density at radius 1 is 1.45 bits per heavy atom. The number of rotatable bonds is 5. The lowest BCUT2D eigenvalue weighted by Gasteiger charge is -2.12. The van der Waals surface area contributed by atoms with E-state index in [-0.39, 0.29) is 23.4 Å². The lowest BCUT2D eigenvalue weighted by molar-refractivity contribution is 0.310. The van der Waals surface area contributed by atoms with Crippen molar-refractivity contribution in [2.45, 2.75) is 32.7 Å². The molecule has 0 amide bonds. The molecular weight excluding hydrogens is 281 g/mol. The maximum atomic E-state index is 13.8. The van der Waals surface area contributed by atoms with E-state index in [0.29, 0.717) is 17.3 Å². The molecule has 4 nitrogen and oxygen atoms in total. The third kappa shape index (κ3) is 3.16. The van der Waals surface area contributed by atoms with Gasteiger partial charge in [0, 0.05) is 6.42 Å². The van der Waals surface area contributed by atoms with Gasteiger partial charge in [-0.1, -0.05) is 49.2 Å². The van der Waals surface area contributed by atoms with Gasteiger partial charge in [-0.15, -0.1) is 0 Å². The Bertz CT molecular complexity index is 588. The van der Waals surface area contributed by atoms with Gasteiger partial charge in [-0.05, 0) is 17.5 Å².